The van der Waals surface area contributed by atoms with Gasteiger partial charge in [0.25, 0.3) is 0 Å². The highest BCUT2D eigenvalue weighted by Gasteiger charge is 2.22. The lowest BCUT2D eigenvalue weighted by atomic mass is 10.2. The molecule has 0 radical (unpaired) electrons. The summed E-state index contributed by atoms with van der Waals surface area (Å²) in [7, 11) is 0. The fraction of sp³-hybridized carbons (Fsp3) is 0.300. The molecule has 0 aromatic heterocycles. The number of carbonyl (C=O) groups excluding carboxylic acids is 1. The number of nitrogens with one attached hydrogen (secondary N) is 1. The molecule has 1 aromatic rings. The Kier molecular flexibility index (Phi) is 2.13. The lowest BCUT2D eigenvalue weighted by Crippen LogP contribution is -2.39. The highest BCUT2D eigenvalue weighted by molar-refractivity contribution is 5.96. The predicted molar refractivity (Wildman–Crippen MR) is 55.8 cm³/mol. The van der Waals surface area contributed by atoms with Gasteiger partial charge in [-0.15, -0.1) is 0 Å². The SMILES string of the molecule is CC1CC(=O)Nc2ccccc2N1N. The van der Waals surface area contributed by atoms with Crippen molar-refractivity contribution >= 4 is 17.3 Å². The fourth-order valence-electron chi connectivity index (χ4n) is 1.61. The maximum atomic E-state index is 11.4. The van der Waals surface area contributed by atoms with E-state index in [9.17, 15) is 4.79 Å². The van der Waals surface area contributed by atoms with Crippen LogP contribution in [-0.2, 0) is 4.79 Å². The van der Waals surface area contributed by atoms with Crippen LogP contribution in [0.4, 0.5) is 11.4 Å². The zero-order valence-corrected chi connectivity index (χ0v) is 8.03. The first-order valence-corrected chi connectivity index (χ1v) is 4.61. The summed E-state index contributed by atoms with van der Waals surface area (Å²) < 4.78 is 0. The van der Waals surface area contributed by atoms with Crippen molar-refractivity contribution < 1.29 is 4.79 Å². The minimum atomic E-state index is 0.0119. The molecule has 1 heterocycles. The number of anilines is 2. The van der Waals surface area contributed by atoms with Gasteiger partial charge in [0, 0.05) is 6.42 Å². The Labute approximate surface area is 82.7 Å². The number of rotatable bonds is 0. The minimum Gasteiger partial charge on any atom is -0.324 e. The molecule has 3 N–H and O–H groups in total. The average Bonchev–Trinajstić information content (AvgIpc) is 2.26. The van der Waals surface area contributed by atoms with Gasteiger partial charge in [0.1, 0.15) is 0 Å². The smallest absolute Gasteiger partial charge is 0.226 e. The Balaban J connectivity index is 2.46. The summed E-state index contributed by atoms with van der Waals surface area (Å²) >= 11 is 0. The van der Waals surface area contributed by atoms with E-state index in [1.54, 1.807) is 5.01 Å². The van der Waals surface area contributed by atoms with Crippen LogP contribution >= 0.6 is 0 Å². The largest absolute Gasteiger partial charge is 0.324 e. The molecular formula is C10H13N3O. The van der Waals surface area contributed by atoms with Gasteiger partial charge in [-0.25, -0.2) is 5.84 Å². The molecule has 0 fully saturated rings. The third-order valence-corrected chi connectivity index (χ3v) is 2.41. The lowest BCUT2D eigenvalue weighted by molar-refractivity contribution is -0.116. The highest BCUT2D eigenvalue weighted by atomic mass is 16.1. The molecule has 2 rings (SSSR count). The summed E-state index contributed by atoms with van der Waals surface area (Å²) in [6.07, 6.45) is 0.422. The number of amides is 1. The van der Waals surface area contributed by atoms with E-state index in [1.807, 2.05) is 31.2 Å². The number of nitrogens with two attached hydrogens (primary N) is 1. The maximum absolute atomic E-state index is 11.4. The van der Waals surface area contributed by atoms with Crippen LogP contribution in [0, 0.1) is 0 Å². The number of hydrogen-bond acceptors (Lipinski definition) is 3. The number of fused-ring (bicyclic) bond motifs is 1. The van der Waals surface area contributed by atoms with Crippen LogP contribution in [0.5, 0.6) is 0 Å². The minimum absolute atomic E-state index is 0.0119. The molecule has 14 heavy (non-hydrogen) atoms. The van der Waals surface area contributed by atoms with Gasteiger partial charge in [-0.3, -0.25) is 4.79 Å². The van der Waals surface area contributed by atoms with E-state index in [2.05, 4.69) is 5.32 Å². The van der Waals surface area contributed by atoms with E-state index in [0.717, 1.165) is 11.4 Å². The number of carbonyl (C=O) groups is 1. The van der Waals surface area contributed by atoms with E-state index >= 15 is 0 Å². The van der Waals surface area contributed by atoms with Crippen molar-refractivity contribution in [3.05, 3.63) is 24.3 Å². The Morgan fingerprint density at radius 2 is 2.21 bits per heavy atom. The molecule has 4 nitrogen and oxygen atoms in total. The number of nitrogens with zero attached hydrogens (tertiary/aromatic N) is 1. The van der Waals surface area contributed by atoms with E-state index in [1.165, 1.54) is 0 Å². The van der Waals surface area contributed by atoms with Crippen LogP contribution in [0.3, 0.4) is 0 Å². The molecule has 0 bridgehead atoms. The highest BCUT2D eigenvalue weighted by Crippen LogP contribution is 2.28. The molecule has 4 heteroatoms. The first-order chi connectivity index (χ1) is 6.68. The molecule has 0 saturated carbocycles. The first-order valence-electron chi connectivity index (χ1n) is 4.61. The van der Waals surface area contributed by atoms with E-state index in [4.69, 9.17) is 5.84 Å². The second-order valence-corrected chi connectivity index (χ2v) is 3.53. The van der Waals surface area contributed by atoms with Crippen molar-refractivity contribution in [1.82, 2.24) is 0 Å². The van der Waals surface area contributed by atoms with Gasteiger partial charge in [-0.05, 0) is 19.1 Å². The normalized spacial score (nSPS) is 21.1. The summed E-state index contributed by atoms with van der Waals surface area (Å²) in [6, 6.07) is 7.56. The van der Waals surface area contributed by atoms with Crippen LogP contribution < -0.4 is 16.2 Å². The molecule has 1 unspecified atom stereocenters. The maximum Gasteiger partial charge on any atom is 0.226 e. The van der Waals surface area contributed by atoms with Crippen molar-refractivity contribution in [1.29, 1.82) is 0 Å². The molecule has 1 aromatic carbocycles. The topological polar surface area (TPSA) is 58.4 Å². The molecular weight excluding hydrogens is 178 g/mol. The quantitative estimate of drug-likeness (QED) is 0.604. The lowest BCUT2D eigenvalue weighted by Gasteiger charge is -2.23. The van der Waals surface area contributed by atoms with Crippen LogP contribution in [0.15, 0.2) is 24.3 Å². The Morgan fingerprint density at radius 1 is 1.50 bits per heavy atom. The van der Waals surface area contributed by atoms with Gasteiger partial charge in [0.15, 0.2) is 0 Å². The zero-order valence-electron chi connectivity index (χ0n) is 8.03. The third-order valence-electron chi connectivity index (χ3n) is 2.41. The Hall–Kier alpha value is -1.55. The number of para-hydroxylation sites is 2. The van der Waals surface area contributed by atoms with Crippen molar-refractivity contribution in [2.45, 2.75) is 19.4 Å². The van der Waals surface area contributed by atoms with Crippen LogP contribution in [-0.4, -0.2) is 11.9 Å². The molecule has 74 valence electrons. The molecule has 0 spiro atoms. The van der Waals surface area contributed by atoms with Gasteiger partial charge in [0.2, 0.25) is 5.91 Å². The molecule has 0 saturated heterocycles. The number of hydrogen-bond donors (Lipinski definition) is 2. The summed E-state index contributed by atoms with van der Waals surface area (Å²) in [6.45, 7) is 1.93. The van der Waals surface area contributed by atoms with Crippen LogP contribution in [0.2, 0.25) is 0 Å². The zero-order chi connectivity index (χ0) is 10.1. The second kappa shape index (κ2) is 3.31. The van der Waals surface area contributed by atoms with E-state index in [0.29, 0.717) is 6.42 Å². The summed E-state index contributed by atoms with van der Waals surface area (Å²) in [5.41, 5.74) is 1.65. The third kappa shape index (κ3) is 1.44. The monoisotopic (exact) mass is 191 g/mol. The summed E-state index contributed by atoms with van der Waals surface area (Å²) in [4.78, 5) is 11.4. The Morgan fingerprint density at radius 3 is 3.00 bits per heavy atom. The van der Waals surface area contributed by atoms with Crippen LogP contribution in [0.1, 0.15) is 13.3 Å². The van der Waals surface area contributed by atoms with Gasteiger partial charge in [0.05, 0.1) is 17.4 Å². The average molecular weight is 191 g/mol. The van der Waals surface area contributed by atoms with Gasteiger partial charge in [-0.2, -0.15) is 0 Å². The van der Waals surface area contributed by atoms with Crippen molar-refractivity contribution in [2.24, 2.45) is 5.84 Å². The Bertz CT molecular complexity index is 364. The van der Waals surface area contributed by atoms with Crippen LogP contribution in [0.25, 0.3) is 0 Å². The molecule has 1 atom stereocenters. The van der Waals surface area contributed by atoms with Crippen molar-refractivity contribution in [3.8, 4) is 0 Å². The van der Waals surface area contributed by atoms with Gasteiger partial charge in [-0.1, -0.05) is 12.1 Å². The molecule has 0 aliphatic carbocycles. The summed E-state index contributed by atoms with van der Waals surface area (Å²) in [5, 5.41) is 4.45. The fourth-order valence-corrected chi connectivity index (χ4v) is 1.61. The first kappa shape index (κ1) is 9.02. The van der Waals surface area contributed by atoms with Gasteiger partial charge < -0.3 is 10.3 Å². The second-order valence-electron chi connectivity index (χ2n) is 3.53. The predicted octanol–water partition coefficient (Wildman–Crippen LogP) is 1.10. The number of hydrazine groups is 1. The number of benzene rings is 1. The van der Waals surface area contributed by atoms with Gasteiger partial charge >= 0.3 is 0 Å². The standard InChI is InChI=1S/C10H13N3O/c1-7-6-10(14)12-8-4-2-3-5-9(8)13(7)11/h2-5,7H,6,11H2,1H3,(H,12,14). The summed E-state index contributed by atoms with van der Waals surface area (Å²) in [5.74, 6) is 5.91. The molecule has 1 amide bonds. The van der Waals surface area contributed by atoms with Crippen molar-refractivity contribution in [2.75, 3.05) is 10.3 Å². The van der Waals surface area contributed by atoms with Crippen molar-refractivity contribution in [3.63, 3.8) is 0 Å². The molecule has 1 aliphatic heterocycles. The van der Waals surface area contributed by atoms with E-state index < -0.39 is 0 Å². The van der Waals surface area contributed by atoms with E-state index in [-0.39, 0.29) is 11.9 Å². The molecule has 1 aliphatic rings.